The molecule has 3 aliphatic rings. The Morgan fingerprint density at radius 1 is 0.500 bits per heavy atom. The number of ether oxygens (including phenoxy) is 1. The van der Waals surface area contributed by atoms with Crippen molar-refractivity contribution in [2.24, 2.45) is 0 Å². The summed E-state index contributed by atoms with van der Waals surface area (Å²) < 4.78 is 6.66. The van der Waals surface area contributed by atoms with Gasteiger partial charge >= 0.3 is 0 Å². The summed E-state index contributed by atoms with van der Waals surface area (Å²) in [6.07, 6.45) is 0. The molecule has 0 atom stereocenters. The Kier molecular flexibility index (Phi) is 7.55. The molecule has 0 bridgehead atoms. The summed E-state index contributed by atoms with van der Waals surface area (Å²) in [4.78, 5) is 5.16. The molecule has 0 fully saturated rings. The predicted octanol–water partition coefficient (Wildman–Crippen LogP) is 8.44. The topological polar surface area (TPSA) is 12.5 Å². The lowest BCUT2D eigenvalue weighted by Gasteiger charge is -2.41. The van der Waals surface area contributed by atoms with Crippen LogP contribution in [0.4, 0.5) is 17.1 Å². The Bertz CT molecular complexity index is 2270. The molecule has 6 aromatic rings. The predicted molar refractivity (Wildman–Crippen MR) is 216 cm³/mol. The van der Waals surface area contributed by atoms with Crippen molar-refractivity contribution in [2.45, 2.75) is 69.1 Å². The molecule has 3 aliphatic heterocycles. The molecule has 3 heterocycles. The zero-order valence-electron chi connectivity index (χ0n) is 29.7. The van der Waals surface area contributed by atoms with E-state index < -0.39 is 0 Å². The van der Waals surface area contributed by atoms with Crippen LogP contribution in [0.1, 0.15) is 76.0 Å². The number of hydrogen-bond donors (Lipinski definition) is 0. The summed E-state index contributed by atoms with van der Waals surface area (Å²) in [5.41, 5.74) is 16.1. The van der Waals surface area contributed by atoms with E-state index in [0.717, 1.165) is 17.2 Å². The molecule has 0 N–H and O–H groups in total. The van der Waals surface area contributed by atoms with Crippen LogP contribution >= 0.6 is 11.8 Å². The Morgan fingerprint density at radius 3 is 1.86 bits per heavy atom. The average molecular weight is 666 g/mol. The first-order valence-electron chi connectivity index (χ1n) is 18.2. The number of nitrogens with zero attached hydrogens (tertiary/aromatic N) is 1. The Morgan fingerprint density at radius 2 is 1.14 bits per heavy atom. The molecule has 0 radical (unpaired) electrons. The molecule has 9 rings (SSSR count). The summed E-state index contributed by atoms with van der Waals surface area (Å²) in [6, 6.07) is 45.3. The minimum Gasteiger partial charge on any atom is -0.458 e. The van der Waals surface area contributed by atoms with Gasteiger partial charge in [0.05, 0.1) is 0 Å². The van der Waals surface area contributed by atoms with Crippen LogP contribution in [0.3, 0.4) is 0 Å². The Hall–Kier alpha value is -4.60. The van der Waals surface area contributed by atoms with Gasteiger partial charge in [0.25, 0.3) is 6.71 Å². The number of fused-ring (bicyclic) bond motifs is 6. The second-order valence-electron chi connectivity index (χ2n) is 15.0. The monoisotopic (exact) mass is 665 g/mol. The second kappa shape index (κ2) is 12.0. The van der Waals surface area contributed by atoms with E-state index in [1.165, 1.54) is 70.6 Å². The minimum absolute atomic E-state index is 0.0617. The van der Waals surface area contributed by atoms with E-state index >= 15 is 0 Å². The fourth-order valence-corrected chi connectivity index (χ4v) is 9.75. The van der Waals surface area contributed by atoms with Crippen LogP contribution in [-0.4, -0.2) is 13.4 Å². The van der Waals surface area contributed by atoms with E-state index in [-0.39, 0.29) is 13.4 Å². The van der Waals surface area contributed by atoms with E-state index in [1.54, 1.807) is 0 Å². The molecule has 50 heavy (non-hydrogen) atoms. The van der Waals surface area contributed by atoms with Crippen molar-refractivity contribution in [3.8, 4) is 11.5 Å². The van der Waals surface area contributed by atoms with Crippen LogP contribution in [0, 0.1) is 0 Å². The van der Waals surface area contributed by atoms with Gasteiger partial charge in [-0.05, 0) is 93.3 Å². The minimum atomic E-state index is 0.0617. The molecule has 0 unspecified atom stereocenters. The van der Waals surface area contributed by atoms with Crippen LogP contribution in [0.2, 0.25) is 0 Å². The molecule has 244 valence electrons. The van der Waals surface area contributed by atoms with Gasteiger partial charge in [0.1, 0.15) is 11.5 Å². The quantitative estimate of drug-likeness (QED) is 0.171. The van der Waals surface area contributed by atoms with E-state index in [1.807, 2.05) is 11.8 Å². The maximum absolute atomic E-state index is 6.66. The van der Waals surface area contributed by atoms with E-state index in [9.17, 15) is 0 Å². The van der Waals surface area contributed by atoms with Crippen LogP contribution in [0.15, 0.2) is 131 Å². The van der Waals surface area contributed by atoms with Crippen molar-refractivity contribution in [3.63, 3.8) is 0 Å². The number of rotatable bonds is 5. The van der Waals surface area contributed by atoms with Gasteiger partial charge in [0.15, 0.2) is 0 Å². The zero-order valence-corrected chi connectivity index (χ0v) is 30.5. The lowest BCUT2D eigenvalue weighted by atomic mass is 9.31. The molecule has 5 heteroatoms. The highest BCUT2D eigenvalue weighted by Gasteiger charge is 2.44. The van der Waals surface area contributed by atoms with Crippen molar-refractivity contribution in [1.82, 2.24) is 0 Å². The molecule has 6 aromatic carbocycles. The summed E-state index contributed by atoms with van der Waals surface area (Å²) in [7, 11) is 0. The lowest BCUT2D eigenvalue weighted by molar-refractivity contribution is 0.487. The zero-order chi connectivity index (χ0) is 34.3. The third-order valence-electron chi connectivity index (χ3n) is 11.0. The third-order valence-corrected chi connectivity index (χ3v) is 12.1. The van der Waals surface area contributed by atoms with Crippen molar-refractivity contribution in [2.75, 3.05) is 4.90 Å². The van der Waals surface area contributed by atoms with E-state index in [0.29, 0.717) is 17.8 Å². The smallest absolute Gasteiger partial charge is 0.256 e. The number of anilines is 3. The Labute approximate surface area is 302 Å². The molecule has 0 aliphatic carbocycles. The van der Waals surface area contributed by atoms with Crippen molar-refractivity contribution in [1.29, 1.82) is 0 Å². The molecule has 0 saturated heterocycles. The summed E-state index contributed by atoms with van der Waals surface area (Å²) in [6.45, 7) is 14.3. The van der Waals surface area contributed by atoms with Crippen molar-refractivity contribution in [3.05, 3.63) is 138 Å². The number of hydrogen-bond acceptors (Lipinski definition) is 3. The highest BCUT2D eigenvalue weighted by Crippen LogP contribution is 2.42. The fraction of sp³-hybridized carbons (Fsp3) is 0.200. The first-order valence-corrected chi connectivity index (χ1v) is 19.0. The summed E-state index contributed by atoms with van der Waals surface area (Å²) >= 11 is 1.93. The SMILES string of the molecule is CC(C)c1cc(C(C)C)c(B2c3ccccc3Sc3cc4c(cc32)B2c3ccccc3Oc3cccc(c32)N4c2ccccc2)c(C(C)C)c1. The van der Waals surface area contributed by atoms with E-state index in [2.05, 4.69) is 168 Å². The molecule has 0 spiro atoms. The van der Waals surface area contributed by atoms with Gasteiger partial charge < -0.3 is 9.64 Å². The van der Waals surface area contributed by atoms with Gasteiger partial charge in [0.2, 0.25) is 6.71 Å². The molecular formula is C45H41B2NOS. The maximum Gasteiger partial charge on any atom is 0.256 e. The standard InChI is InChI=1S/C45H41B2NOS/c1-27(2)30-23-32(28(3)4)44(33(24-30)29(5)6)47-35-18-11-13-22-42(35)50-43-26-39-36(25-37(43)47)46-34-17-10-12-20-40(34)49-41-21-14-19-38(45(41)46)48(39)31-15-8-7-9-16-31/h7-29H,1-6H3. The van der Waals surface area contributed by atoms with Crippen LogP contribution in [0.5, 0.6) is 11.5 Å². The normalized spacial score (nSPS) is 13.9. The summed E-state index contributed by atoms with van der Waals surface area (Å²) in [5.74, 6) is 3.16. The number of para-hydroxylation sites is 2. The molecular weight excluding hydrogens is 624 g/mol. The summed E-state index contributed by atoms with van der Waals surface area (Å²) in [5, 5.41) is 0. The third kappa shape index (κ3) is 4.81. The van der Waals surface area contributed by atoms with Crippen molar-refractivity contribution >= 4 is 75.0 Å². The highest BCUT2D eigenvalue weighted by molar-refractivity contribution is 8.00. The largest absolute Gasteiger partial charge is 0.458 e. The van der Waals surface area contributed by atoms with Gasteiger partial charge in [-0.1, -0.05) is 149 Å². The van der Waals surface area contributed by atoms with Crippen LogP contribution in [0.25, 0.3) is 0 Å². The van der Waals surface area contributed by atoms with Gasteiger partial charge in [-0.2, -0.15) is 0 Å². The highest BCUT2D eigenvalue weighted by atomic mass is 32.2. The number of benzene rings is 6. The molecule has 0 saturated carbocycles. The first-order chi connectivity index (χ1) is 24.3. The average Bonchev–Trinajstić information content (AvgIpc) is 3.12. The van der Waals surface area contributed by atoms with E-state index in [4.69, 9.17) is 4.74 Å². The fourth-order valence-electron chi connectivity index (χ4n) is 8.60. The van der Waals surface area contributed by atoms with Crippen LogP contribution < -0.4 is 42.4 Å². The van der Waals surface area contributed by atoms with Gasteiger partial charge in [-0.25, -0.2) is 0 Å². The molecule has 2 nitrogen and oxygen atoms in total. The first kappa shape index (κ1) is 31.4. The maximum atomic E-state index is 6.66. The molecule has 0 aromatic heterocycles. The Balaban J connectivity index is 1.37. The van der Waals surface area contributed by atoms with Crippen molar-refractivity contribution < 1.29 is 4.74 Å². The van der Waals surface area contributed by atoms with Gasteiger partial charge in [-0.15, -0.1) is 0 Å². The van der Waals surface area contributed by atoms with Gasteiger partial charge in [-0.3, -0.25) is 0 Å². The lowest BCUT2D eigenvalue weighted by Crippen LogP contribution is -2.63. The van der Waals surface area contributed by atoms with Gasteiger partial charge in [0, 0.05) is 26.9 Å². The van der Waals surface area contributed by atoms with Crippen LogP contribution in [-0.2, 0) is 0 Å². The second-order valence-corrected chi connectivity index (χ2v) is 16.1. The molecule has 0 amide bonds.